The molecular weight excluding hydrogens is 422 g/mol. The Kier molecular flexibility index (Phi) is 7.20. The second-order valence-electron chi connectivity index (χ2n) is 7.72. The first-order chi connectivity index (χ1) is 15.2. The Hall–Kier alpha value is -3.32. The quantitative estimate of drug-likeness (QED) is 0.462. The second kappa shape index (κ2) is 9.87. The number of carbonyl (C=O) groups is 1. The topological polar surface area (TPSA) is 80.2 Å². The minimum atomic E-state index is -3.41. The van der Waals surface area contributed by atoms with Crippen molar-refractivity contribution in [1.82, 2.24) is 4.57 Å². The van der Waals surface area contributed by atoms with E-state index in [0.29, 0.717) is 23.4 Å². The molecule has 7 heteroatoms. The van der Waals surface area contributed by atoms with Crippen molar-refractivity contribution in [2.45, 2.75) is 34.1 Å². The number of para-hydroxylation sites is 1. The highest BCUT2D eigenvalue weighted by Crippen LogP contribution is 2.25. The van der Waals surface area contributed by atoms with Crippen LogP contribution in [0.15, 0.2) is 60.7 Å². The summed E-state index contributed by atoms with van der Waals surface area (Å²) in [6.07, 6.45) is 3.81. The number of aryl methyl sites for hydroxylation is 1. The number of carbonyl (C=O) groups excluding carboxylic acids is 1. The van der Waals surface area contributed by atoms with Crippen LogP contribution in [-0.4, -0.2) is 24.6 Å². The van der Waals surface area contributed by atoms with Crippen molar-refractivity contribution >= 4 is 33.4 Å². The highest BCUT2D eigenvalue weighted by Gasteiger charge is 2.13. The van der Waals surface area contributed by atoms with Crippen molar-refractivity contribution < 1.29 is 13.2 Å². The van der Waals surface area contributed by atoms with Crippen LogP contribution in [0.1, 0.15) is 35.9 Å². The van der Waals surface area contributed by atoms with Gasteiger partial charge in [0.1, 0.15) is 0 Å². The molecule has 0 fully saturated rings. The van der Waals surface area contributed by atoms with Crippen molar-refractivity contribution in [3.63, 3.8) is 0 Å². The van der Waals surface area contributed by atoms with Crippen LogP contribution in [0.3, 0.4) is 0 Å². The smallest absolute Gasteiger partial charge is 0.248 e. The van der Waals surface area contributed by atoms with Crippen LogP contribution in [0, 0.1) is 20.8 Å². The standard InChI is InChI=1S/C25H29N3O3S/c1-5-16-32(30,31)27-24-13-9-12-23(19(24)3)26-25(29)15-14-21-17-18(2)28(20(21)4)22-10-7-6-8-11-22/h6-15,17,27H,5,16H2,1-4H3,(H,26,29)/b15-14+. The Bertz CT molecular complexity index is 1240. The van der Waals surface area contributed by atoms with E-state index in [0.717, 1.165) is 22.6 Å². The van der Waals surface area contributed by atoms with Gasteiger partial charge in [0.05, 0.1) is 11.4 Å². The predicted molar refractivity (Wildman–Crippen MR) is 132 cm³/mol. The predicted octanol–water partition coefficient (Wildman–Crippen LogP) is 5.21. The van der Waals surface area contributed by atoms with E-state index in [-0.39, 0.29) is 11.7 Å². The number of aromatic nitrogens is 1. The minimum Gasteiger partial charge on any atom is -0.322 e. The largest absolute Gasteiger partial charge is 0.322 e. The van der Waals surface area contributed by atoms with E-state index in [4.69, 9.17) is 0 Å². The molecule has 1 amide bonds. The summed E-state index contributed by atoms with van der Waals surface area (Å²) >= 11 is 0. The lowest BCUT2D eigenvalue weighted by atomic mass is 10.1. The molecule has 2 N–H and O–H groups in total. The Morgan fingerprint density at radius 1 is 1.00 bits per heavy atom. The molecule has 0 atom stereocenters. The molecule has 0 spiro atoms. The number of benzene rings is 2. The van der Waals surface area contributed by atoms with Crippen molar-refractivity contribution in [1.29, 1.82) is 0 Å². The summed E-state index contributed by atoms with van der Waals surface area (Å²) in [7, 11) is -3.41. The minimum absolute atomic E-state index is 0.0488. The zero-order valence-corrected chi connectivity index (χ0v) is 19.7. The van der Waals surface area contributed by atoms with Crippen molar-refractivity contribution in [2.75, 3.05) is 15.8 Å². The number of nitrogens with zero attached hydrogens (tertiary/aromatic N) is 1. The Morgan fingerprint density at radius 2 is 1.69 bits per heavy atom. The third-order valence-electron chi connectivity index (χ3n) is 5.23. The molecule has 3 aromatic rings. The first-order valence-corrected chi connectivity index (χ1v) is 12.2. The molecular formula is C25H29N3O3S. The van der Waals surface area contributed by atoms with Gasteiger partial charge in [-0.05, 0) is 74.7 Å². The number of anilines is 2. The van der Waals surface area contributed by atoms with E-state index in [9.17, 15) is 13.2 Å². The van der Waals surface area contributed by atoms with Crippen LogP contribution in [0.2, 0.25) is 0 Å². The first kappa shape index (κ1) is 23.3. The lowest BCUT2D eigenvalue weighted by Crippen LogP contribution is -2.17. The molecule has 0 aliphatic carbocycles. The van der Waals surface area contributed by atoms with Gasteiger partial charge in [-0.3, -0.25) is 9.52 Å². The molecule has 168 valence electrons. The van der Waals surface area contributed by atoms with Gasteiger partial charge >= 0.3 is 0 Å². The molecule has 6 nitrogen and oxygen atoms in total. The lowest BCUT2D eigenvalue weighted by molar-refractivity contribution is -0.111. The molecule has 2 aromatic carbocycles. The highest BCUT2D eigenvalue weighted by molar-refractivity contribution is 7.92. The summed E-state index contributed by atoms with van der Waals surface area (Å²) in [5, 5.41) is 2.84. The molecule has 0 saturated heterocycles. The number of nitrogens with one attached hydrogen (secondary N) is 2. The first-order valence-electron chi connectivity index (χ1n) is 10.6. The molecule has 0 bridgehead atoms. The van der Waals surface area contributed by atoms with Crippen molar-refractivity contribution in [3.05, 3.63) is 83.2 Å². The van der Waals surface area contributed by atoms with Gasteiger partial charge in [0, 0.05) is 28.8 Å². The Labute approximate surface area is 190 Å². The summed E-state index contributed by atoms with van der Waals surface area (Å²) in [6, 6.07) is 17.3. The van der Waals surface area contributed by atoms with Gasteiger partial charge < -0.3 is 9.88 Å². The van der Waals surface area contributed by atoms with Gasteiger partial charge in [-0.15, -0.1) is 0 Å². The van der Waals surface area contributed by atoms with Crippen LogP contribution in [0.5, 0.6) is 0 Å². The number of sulfonamides is 1. The number of hydrogen-bond acceptors (Lipinski definition) is 3. The molecule has 32 heavy (non-hydrogen) atoms. The van der Waals surface area contributed by atoms with E-state index in [2.05, 4.69) is 14.6 Å². The van der Waals surface area contributed by atoms with E-state index in [1.807, 2.05) is 57.2 Å². The van der Waals surface area contributed by atoms with E-state index in [1.165, 1.54) is 6.08 Å². The fourth-order valence-corrected chi connectivity index (χ4v) is 4.84. The van der Waals surface area contributed by atoms with Crippen molar-refractivity contribution in [2.24, 2.45) is 0 Å². The summed E-state index contributed by atoms with van der Waals surface area (Å²) in [4.78, 5) is 12.6. The molecule has 1 heterocycles. The Balaban J connectivity index is 1.76. The SMILES string of the molecule is CCCS(=O)(=O)Nc1cccc(NC(=O)/C=C/c2cc(C)n(-c3ccccc3)c2C)c1C. The third-order valence-corrected chi connectivity index (χ3v) is 6.71. The van der Waals surface area contributed by atoms with Gasteiger partial charge in [-0.25, -0.2) is 8.42 Å². The summed E-state index contributed by atoms with van der Waals surface area (Å²) in [5.41, 5.74) is 5.84. The number of rotatable bonds is 8. The van der Waals surface area contributed by atoms with Crippen LogP contribution >= 0.6 is 0 Å². The molecule has 0 aliphatic rings. The molecule has 1 aromatic heterocycles. The molecule has 3 rings (SSSR count). The fourth-order valence-electron chi connectivity index (χ4n) is 3.64. The van der Waals surface area contributed by atoms with Crippen LogP contribution in [0.25, 0.3) is 11.8 Å². The van der Waals surface area contributed by atoms with E-state index in [1.54, 1.807) is 31.2 Å². The zero-order valence-electron chi connectivity index (χ0n) is 18.8. The lowest BCUT2D eigenvalue weighted by Gasteiger charge is -2.13. The van der Waals surface area contributed by atoms with Gasteiger partial charge in [0.2, 0.25) is 15.9 Å². The maximum atomic E-state index is 12.6. The summed E-state index contributed by atoms with van der Waals surface area (Å²) in [6.45, 7) is 7.64. The van der Waals surface area contributed by atoms with Gasteiger partial charge in [-0.1, -0.05) is 31.2 Å². The van der Waals surface area contributed by atoms with Gasteiger partial charge in [-0.2, -0.15) is 0 Å². The maximum absolute atomic E-state index is 12.6. The van der Waals surface area contributed by atoms with E-state index < -0.39 is 10.0 Å². The van der Waals surface area contributed by atoms with E-state index >= 15 is 0 Å². The van der Waals surface area contributed by atoms with Gasteiger partial charge in [0.15, 0.2) is 0 Å². The van der Waals surface area contributed by atoms with Crippen LogP contribution in [-0.2, 0) is 14.8 Å². The van der Waals surface area contributed by atoms with Crippen molar-refractivity contribution in [3.8, 4) is 5.69 Å². The molecule has 0 radical (unpaired) electrons. The average Bonchev–Trinajstić information content (AvgIpc) is 3.03. The number of hydrogen-bond donors (Lipinski definition) is 2. The molecule has 0 saturated carbocycles. The number of amides is 1. The normalized spacial score (nSPS) is 11.6. The Morgan fingerprint density at radius 3 is 2.38 bits per heavy atom. The highest BCUT2D eigenvalue weighted by atomic mass is 32.2. The fraction of sp³-hybridized carbons (Fsp3) is 0.240. The third kappa shape index (κ3) is 5.48. The van der Waals surface area contributed by atoms with Crippen LogP contribution in [0.4, 0.5) is 11.4 Å². The monoisotopic (exact) mass is 451 g/mol. The molecule has 0 aliphatic heterocycles. The molecule has 0 unspecified atom stereocenters. The maximum Gasteiger partial charge on any atom is 0.248 e. The summed E-state index contributed by atoms with van der Waals surface area (Å²) in [5.74, 6) is -0.237. The second-order valence-corrected chi connectivity index (χ2v) is 9.56. The average molecular weight is 452 g/mol. The van der Waals surface area contributed by atoms with Gasteiger partial charge in [0.25, 0.3) is 0 Å². The van der Waals surface area contributed by atoms with Crippen LogP contribution < -0.4 is 10.0 Å². The summed E-state index contributed by atoms with van der Waals surface area (Å²) < 4.78 is 28.9. The zero-order chi connectivity index (χ0) is 23.3.